The summed E-state index contributed by atoms with van der Waals surface area (Å²) in [6, 6.07) is 4.13. The van der Waals surface area contributed by atoms with Gasteiger partial charge in [0, 0.05) is 17.1 Å². The predicted octanol–water partition coefficient (Wildman–Crippen LogP) is 2.21. The number of ether oxygens (including phenoxy) is 2. The summed E-state index contributed by atoms with van der Waals surface area (Å²) in [7, 11) is 1.63. The number of hydrogen-bond acceptors (Lipinski definition) is 5. The Labute approximate surface area is 159 Å². The second-order valence-electron chi connectivity index (χ2n) is 7.22. The van der Waals surface area contributed by atoms with E-state index in [4.69, 9.17) is 9.47 Å². The summed E-state index contributed by atoms with van der Waals surface area (Å²) in [6.07, 6.45) is 0.284. The maximum absolute atomic E-state index is 13.1. The Morgan fingerprint density at radius 3 is 2.73 bits per heavy atom. The van der Waals surface area contributed by atoms with Crippen LogP contribution in [0.15, 0.2) is 16.6 Å². The molecule has 136 valence electrons. The molecule has 0 aliphatic carbocycles. The van der Waals surface area contributed by atoms with Crippen LogP contribution >= 0.6 is 15.9 Å². The van der Waals surface area contributed by atoms with Crippen molar-refractivity contribution >= 4 is 27.7 Å². The molecule has 0 spiro atoms. The molecule has 1 aromatic rings. The van der Waals surface area contributed by atoms with E-state index in [0.29, 0.717) is 17.1 Å². The molecule has 26 heavy (non-hydrogen) atoms. The van der Waals surface area contributed by atoms with Crippen molar-refractivity contribution in [2.24, 2.45) is 5.41 Å². The molecule has 0 radical (unpaired) electrons. The van der Waals surface area contributed by atoms with Gasteiger partial charge >= 0.3 is 0 Å². The van der Waals surface area contributed by atoms with Gasteiger partial charge in [-0.3, -0.25) is 9.59 Å². The Morgan fingerprint density at radius 1 is 1.31 bits per heavy atom. The molecule has 7 nitrogen and oxygen atoms in total. The summed E-state index contributed by atoms with van der Waals surface area (Å²) in [5.41, 5.74) is -0.241. The third-order valence-electron chi connectivity index (χ3n) is 5.71. The first-order valence-corrected chi connectivity index (χ1v) is 9.17. The number of amides is 2. The lowest BCUT2D eigenvalue weighted by atomic mass is 9.79. The SMILES string of the molecule is C[C@H]1C(=O)N2C(C[C@](C)(C#N)C2c2c(Br)ccc3c2OCO3)C(=O)N1C. The second kappa shape index (κ2) is 5.61. The van der Waals surface area contributed by atoms with Gasteiger partial charge in [0.15, 0.2) is 11.5 Å². The van der Waals surface area contributed by atoms with E-state index >= 15 is 0 Å². The molecule has 0 aromatic heterocycles. The van der Waals surface area contributed by atoms with Gasteiger partial charge in [-0.05, 0) is 32.4 Å². The van der Waals surface area contributed by atoms with E-state index in [9.17, 15) is 14.9 Å². The summed E-state index contributed by atoms with van der Waals surface area (Å²) in [6.45, 7) is 3.59. The van der Waals surface area contributed by atoms with Crippen LogP contribution in [0, 0.1) is 16.7 Å². The van der Waals surface area contributed by atoms with E-state index in [1.54, 1.807) is 31.9 Å². The highest BCUT2D eigenvalue weighted by Crippen LogP contribution is 2.57. The molecule has 3 aliphatic heterocycles. The molecule has 2 amide bonds. The van der Waals surface area contributed by atoms with Crippen LogP contribution in [0.25, 0.3) is 0 Å². The highest BCUT2D eigenvalue weighted by atomic mass is 79.9. The average molecular weight is 420 g/mol. The molecule has 2 unspecified atom stereocenters. The molecular formula is C18H18BrN3O4. The van der Waals surface area contributed by atoms with Crippen molar-refractivity contribution in [3.05, 3.63) is 22.2 Å². The smallest absolute Gasteiger partial charge is 0.246 e. The quantitative estimate of drug-likeness (QED) is 0.696. The summed E-state index contributed by atoms with van der Waals surface area (Å²) in [5, 5.41) is 9.95. The van der Waals surface area contributed by atoms with Crippen molar-refractivity contribution in [3.8, 4) is 17.6 Å². The van der Waals surface area contributed by atoms with Crippen molar-refractivity contribution in [2.45, 2.75) is 38.4 Å². The monoisotopic (exact) mass is 419 g/mol. The molecule has 8 heteroatoms. The third-order valence-corrected chi connectivity index (χ3v) is 6.41. The first-order valence-electron chi connectivity index (χ1n) is 8.38. The molecule has 3 aliphatic rings. The van der Waals surface area contributed by atoms with Gasteiger partial charge in [-0.25, -0.2) is 0 Å². The molecule has 2 fully saturated rings. The van der Waals surface area contributed by atoms with E-state index in [-0.39, 0.29) is 25.0 Å². The van der Waals surface area contributed by atoms with Crippen LogP contribution in [0.2, 0.25) is 0 Å². The number of piperazine rings is 1. The highest BCUT2D eigenvalue weighted by molar-refractivity contribution is 9.10. The van der Waals surface area contributed by atoms with Crippen molar-refractivity contribution in [1.82, 2.24) is 9.80 Å². The van der Waals surface area contributed by atoms with E-state index in [0.717, 1.165) is 4.47 Å². The average Bonchev–Trinajstić information content (AvgIpc) is 3.21. The van der Waals surface area contributed by atoms with E-state index in [1.807, 2.05) is 6.07 Å². The molecule has 4 rings (SSSR count). The fraction of sp³-hybridized carbons (Fsp3) is 0.500. The maximum Gasteiger partial charge on any atom is 0.246 e. The minimum absolute atomic E-state index is 0.0875. The maximum atomic E-state index is 13.1. The Hall–Kier alpha value is -2.27. The number of nitriles is 1. The van der Waals surface area contributed by atoms with E-state index in [1.165, 1.54) is 4.90 Å². The fourth-order valence-electron chi connectivity index (χ4n) is 4.18. The number of benzene rings is 1. The van der Waals surface area contributed by atoms with Gasteiger partial charge in [-0.1, -0.05) is 15.9 Å². The van der Waals surface area contributed by atoms with Crippen LogP contribution in [0.3, 0.4) is 0 Å². The number of carbonyl (C=O) groups is 2. The van der Waals surface area contributed by atoms with Gasteiger partial charge < -0.3 is 19.3 Å². The zero-order valence-corrected chi connectivity index (χ0v) is 16.2. The molecule has 1 aromatic carbocycles. The first kappa shape index (κ1) is 17.2. The van der Waals surface area contributed by atoms with E-state index in [2.05, 4.69) is 22.0 Å². The number of halogens is 1. The highest BCUT2D eigenvalue weighted by Gasteiger charge is 2.60. The Balaban J connectivity index is 1.93. The van der Waals surface area contributed by atoms with E-state index < -0.39 is 23.5 Å². The van der Waals surface area contributed by atoms with Gasteiger partial charge in [0.1, 0.15) is 12.1 Å². The largest absolute Gasteiger partial charge is 0.454 e. The predicted molar refractivity (Wildman–Crippen MR) is 94.2 cm³/mol. The van der Waals surface area contributed by atoms with Crippen molar-refractivity contribution in [2.75, 3.05) is 13.8 Å². The van der Waals surface area contributed by atoms with Crippen molar-refractivity contribution in [3.63, 3.8) is 0 Å². The van der Waals surface area contributed by atoms with Gasteiger partial charge in [0.2, 0.25) is 18.6 Å². The molecule has 4 atom stereocenters. The lowest BCUT2D eigenvalue weighted by Crippen LogP contribution is -2.60. The number of rotatable bonds is 1. The first-order chi connectivity index (χ1) is 12.3. The Morgan fingerprint density at radius 2 is 2.04 bits per heavy atom. The van der Waals surface area contributed by atoms with Crippen molar-refractivity contribution < 1.29 is 19.1 Å². The Kier molecular flexibility index (Phi) is 3.70. The number of nitrogens with zero attached hydrogens (tertiary/aromatic N) is 3. The standard InChI is InChI=1S/C18H18BrN3O4/c1-9-16(23)22-11(17(24)21(9)3)6-18(2,7-20)15(22)13-10(19)4-5-12-14(13)26-8-25-12/h4-5,9,11,15H,6,8H2,1-3H3/t9-,11?,15?,18+/m0/s1. The van der Waals surface area contributed by atoms with Gasteiger partial charge in [0.25, 0.3) is 0 Å². The van der Waals surface area contributed by atoms with Gasteiger partial charge in [-0.15, -0.1) is 0 Å². The Bertz CT molecular complexity index is 867. The van der Waals surface area contributed by atoms with Crippen molar-refractivity contribution in [1.29, 1.82) is 5.26 Å². The molecule has 0 N–H and O–H groups in total. The lowest BCUT2D eigenvalue weighted by Gasteiger charge is -2.42. The number of hydrogen-bond donors (Lipinski definition) is 0. The topological polar surface area (TPSA) is 82.9 Å². The number of likely N-dealkylation sites (N-methyl/N-ethyl adjacent to an activating group) is 1. The zero-order chi connectivity index (χ0) is 18.8. The molecule has 0 saturated carbocycles. The summed E-state index contributed by atoms with van der Waals surface area (Å²) < 4.78 is 11.9. The summed E-state index contributed by atoms with van der Waals surface area (Å²) in [5.74, 6) is 0.803. The zero-order valence-electron chi connectivity index (χ0n) is 14.7. The fourth-order valence-corrected chi connectivity index (χ4v) is 4.71. The lowest BCUT2D eigenvalue weighted by molar-refractivity contribution is -0.159. The van der Waals surface area contributed by atoms with Crippen LogP contribution in [-0.2, 0) is 9.59 Å². The van der Waals surface area contributed by atoms with Gasteiger partial charge in [0.05, 0.1) is 17.5 Å². The van der Waals surface area contributed by atoms with Crippen LogP contribution in [0.1, 0.15) is 31.9 Å². The number of fused-ring (bicyclic) bond motifs is 2. The number of carbonyl (C=O) groups excluding carboxylic acids is 2. The van der Waals surface area contributed by atoms with Gasteiger partial charge in [-0.2, -0.15) is 5.26 Å². The summed E-state index contributed by atoms with van der Waals surface area (Å²) >= 11 is 3.54. The molecular weight excluding hydrogens is 402 g/mol. The van der Waals surface area contributed by atoms with Crippen LogP contribution in [0.5, 0.6) is 11.5 Å². The summed E-state index contributed by atoms with van der Waals surface area (Å²) in [4.78, 5) is 29.0. The van der Waals surface area contributed by atoms with Crippen LogP contribution in [0.4, 0.5) is 0 Å². The second-order valence-corrected chi connectivity index (χ2v) is 8.07. The normalized spacial score (nSPS) is 32.7. The minimum Gasteiger partial charge on any atom is -0.454 e. The molecule has 2 saturated heterocycles. The minimum atomic E-state index is -0.926. The van der Waals surface area contributed by atoms with Crippen LogP contribution < -0.4 is 9.47 Å². The molecule has 3 heterocycles. The molecule has 0 bridgehead atoms. The third kappa shape index (κ3) is 2.10. The van der Waals surface area contributed by atoms with Crippen LogP contribution in [-0.4, -0.2) is 47.5 Å².